The van der Waals surface area contributed by atoms with Crippen LogP contribution in [-0.2, 0) is 0 Å². The third kappa shape index (κ3) is 5.80. The highest BCUT2D eigenvalue weighted by molar-refractivity contribution is 4.40. The average Bonchev–Trinajstić information content (AvgIpc) is 1.83. The molecule has 0 saturated heterocycles. The summed E-state index contributed by atoms with van der Waals surface area (Å²) in [4.78, 5) is 0. The highest BCUT2D eigenvalue weighted by Crippen LogP contribution is 1.94. The molecular weight excluding hydrogens is 114 g/mol. The minimum Gasteiger partial charge on any atom is -0.634 e. The van der Waals surface area contributed by atoms with E-state index >= 15 is 0 Å². The van der Waals surface area contributed by atoms with E-state index in [-0.39, 0.29) is 0 Å². The van der Waals surface area contributed by atoms with Crippen LogP contribution in [0.5, 0.6) is 0 Å². The summed E-state index contributed by atoms with van der Waals surface area (Å²) in [6.07, 6.45) is 1.05. The Balaban J connectivity index is 3.06. The highest BCUT2D eigenvalue weighted by Gasteiger charge is 1.96. The molecule has 9 heavy (non-hydrogen) atoms. The third-order valence-corrected chi connectivity index (χ3v) is 1.39. The molecule has 1 unspecified atom stereocenters. The van der Waals surface area contributed by atoms with Crippen LogP contribution in [-0.4, -0.2) is 13.1 Å². The number of rotatable bonds is 4. The van der Waals surface area contributed by atoms with Gasteiger partial charge in [0.1, 0.15) is 0 Å². The largest absolute Gasteiger partial charge is 0.634 e. The van der Waals surface area contributed by atoms with Gasteiger partial charge in [-0.25, -0.2) is 0 Å². The third-order valence-electron chi connectivity index (χ3n) is 1.39. The Kier molecular flexibility index (Phi) is 4.72. The number of quaternary nitrogens is 1. The van der Waals surface area contributed by atoms with Gasteiger partial charge in [0, 0.05) is 0 Å². The van der Waals surface area contributed by atoms with Gasteiger partial charge in [0.05, 0.1) is 13.1 Å². The lowest BCUT2D eigenvalue weighted by molar-refractivity contribution is -0.846. The van der Waals surface area contributed by atoms with Gasteiger partial charge < -0.3 is 10.3 Å². The lowest BCUT2D eigenvalue weighted by Gasteiger charge is -2.20. The lowest BCUT2D eigenvalue weighted by Crippen LogP contribution is -3.06. The van der Waals surface area contributed by atoms with Crippen molar-refractivity contribution in [2.24, 2.45) is 5.92 Å². The van der Waals surface area contributed by atoms with Crippen molar-refractivity contribution >= 4 is 0 Å². The van der Waals surface area contributed by atoms with E-state index in [1.165, 1.54) is 0 Å². The molecule has 0 rings (SSSR count). The van der Waals surface area contributed by atoms with E-state index in [1.54, 1.807) is 0 Å². The predicted molar refractivity (Wildman–Crippen MR) is 39.2 cm³/mol. The van der Waals surface area contributed by atoms with Crippen molar-refractivity contribution < 1.29 is 5.06 Å². The van der Waals surface area contributed by atoms with E-state index in [4.69, 9.17) is 0 Å². The van der Waals surface area contributed by atoms with E-state index in [2.05, 4.69) is 13.8 Å². The molecule has 2 heteroatoms. The van der Waals surface area contributed by atoms with Gasteiger partial charge in [-0.05, 0) is 19.3 Å². The van der Waals surface area contributed by atoms with Crippen LogP contribution in [0.4, 0.5) is 0 Å². The molecule has 0 aromatic carbocycles. The fraction of sp³-hybridized carbons (Fsp3) is 1.00. The van der Waals surface area contributed by atoms with Gasteiger partial charge in [0.2, 0.25) is 0 Å². The van der Waals surface area contributed by atoms with Crippen molar-refractivity contribution in [3.63, 3.8) is 0 Å². The molecule has 0 aliphatic rings. The first kappa shape index (κ1) is 8.92. The van der Waals surface area contributed by atoms with Gasteiger partial charge in [-0.15, -0.1) is 0 Å². The van der Waals surface area contributed by atoms with Crippen molar-refractivity contribution in [1.29, 1.82) is 0 Å². The molecule has 0 aromatic heterocycles. The summed E-state index contributed by atoms with van der Waals surface area (Å²) in [5.41, 5.74) is 0. The monoisotopic (exact) mass is 131 g/mol. The molecule has 1 N–H and O–H groups in total. The second-order valence-electron chi connectivity index (χ2n) is 2.82. The van der Waals surface area contributed by atoms with Crippen LogP contribution in [0.15, 0.2) is 0 Å². The maximum absolute atomic E-state index is 10.7. The van der Waals surface area contributed by atoms with Crippen LogP contribution in [0.1, 0.15) is 27.2 Å². The Morgan fingerprint density at radius 2 is 2.00 bits per heavy atom. The number of hydrogen-bond donors (Lipinski definition) is 1. The first-order valence-corrected chi connectivity index (χ1v) is 3.68. The van der Waals surface area contributed by atoms with Crippen LogP contribution in [0, 0.1) is 11.1 Å². The minimum absolute atomic E-state index is 0.392. The maximum atomic E-state index is 10.7. The highest BCUT2D eigenvalue weighted by atomic mass is 16.5. The van der Waals surface area contributed by atoms with Gasteiger partial charge in [-0.2, -0.15) is 0 Å². The first-order valence-electron chi connectivity index (χ1n) is 3.68. The van der Waals surface area contributed by atoms with E-state index in [0.29, 0.717) is 17.5 Å². The number of nitrogens with one attached hydrogen (secondary N) is 1. The van der Waals surface area contributed by atoms with Gasteiger partial charge in [0.15, 0.2) is 0 Å². The molecule has 56 valence electrons. The molecule has 0 saturated carbocycles. The lowest BCUT2D eigenvalue weighted by atomic mass is 10.1. The summed E-state index contributed by atoms with van der Waals surface area (Å²) in [5, 5.41) is 11.1. The van der Waals surface area contributed by atoms with Crippen molar-refractivity contribution in [1.82, 2.24) is 0 Å². The van der Waals surface area contributed by atoms with E-state index in [9.17, 15) is 5.21 Å². The van der Waals surface area contributed by atoms with Gasteiger partial charge in [-0.3, -0.25) is 0 Å². The second kappa shape index (κ2) is 4.77. The normalized spacial score (nSPS) is 14.3. The zero-order valence-corrected chi connectivity index (χ0v) is 6.61. The van der Waals surface area contributed by atoms with Crippen molar-refractivity contribution in [3.05, 3.63) is 5.21 Å². The SMILES string of the molecule is CC[NH+]([O-])CCC(C)C. The van der Waals surface area contributed by atoms with Crippen LogP contribution in [0.3, 0.4) is 0 Å². The maximum Gasteiger partial charge on any atom is 0.0770 e. The molecule has 0 fully saturated rings. The van der Waals surface area contributed by atoms with Crippen molar-refractivity contribution in [3.8, 4) is 0 Å². The van der Waals surface area contributed by atoms with Crippen molar-refractivity contribution in [2.75, 3.05) is 13.1 Å². The summed E-state index contributed by atoms with van der Waals surface area (Å²) in [5.74, 6) is 0.667. The van der Waals surface area contributed by atoms with E-state index < -0.39 is 0 Å². The summed E-state index contributed by atoms with van der Waals surface area (Å²) >= 11 is 0. The zero-order valence-electron chi connectivity index (χ0n) is 6.61. The molecule has 0 radical (unpaired) electrons. The van der Waals surface area contributed by atoms with E-state index in [1.807, 2.05) is 6.92 Å². The molecule has 0 aromatic rings. The summed E-state index contributed by atoms with van der Waals surface area (Å²) in [6, 6.07) is 0. The molecule has 2 nitrogen and oxygen atoms in total. The second-order valence-corrected chi connectivity index (χ2v) is 2.82. The zero-order chi connectivity index (χ0) is 7.28. The number of hydroxylamine groups is 2. The van der Waals surface area contributed by atoms with Crippen LogP contribution < -0.4 is 5.06 Å². The Bertz CT molecular complexity index is 63.9. The van der Waals surface area contributed by atoms with Gasteiger partial charge in [-0.1, -0.05) is 13.8 Å². The number of hydrogen-bond acceptors (Lipinski definition) is 1. The Morgan fingerprint density at radius 1 is 1.44 bits per heavy atom. The van der Waals surface area contributed by atoms with E-state index in [0.717, 1.165) is 13.0 Å². The standard InChI is InChI=1S/C7H17NO/c1-4-8(9)6-5-7(2)3/h7-8H,4-6H2,1-3H3. The fourth-order valence-corrected chi connectivity index (χ4v) is 0.626. The quantitative estimate of drug-likeness (QED) is 0.551. The van der Waals surface area contributed by atoms with Crippen molar-refractivity contribution in [2.45, 2.75) is 27.2 Å². The molecule has 1 atom stereocenters. The molecular formula is C7H17NO. The smallest absolute Gasteiger partial charge is 0.0770 e. The van der Waals surface area contributed by atoms with Gasteiger partial charge >= 0.3 is 0 Å². The average molecular weight is 131 g/mol. The topological polar surface area (TPSA) is 27.5 Å². The Labute approximate surface area is 57.4 Å². The summed E-state index contributed by atoms with van der Waals surface area (Å²) < 4.78 is 0. The van der Waals surface area contributed by atoms with Crippen LogP contribution in [0.25, 0.3) is 0 Å². The fourth-order valence-electron chi connectivity index (χ4n) is 0.626. The molecule has 0 aliphatic heterocycles. The van der Waals surface area contributed by atoms with Crippen LogP contribution >= 0.6 is 0 Å². The molecule has 0 aliphatic carbocycles. The first-order chi connectivity index (χ1) is 4.16. The van der Waals surface area contributed by atoms with Gasteiger partial charge in [0.25, 0.3) is 0 Å². The summed E-state index contributed by atoms with van der Waals surface area (Å²) in [7, 11) is 0. The predicted octanol–water partition coefficient (Wildman–Crippen LogP) is 0.435. The molecule has 0 spiro atoms. The molecule has 0 heterocycles. The minimum atomic E-state index is 0.392. The molecule has 0 bridgehead atoms. The molecule has 0 amide bonds. The Morgan fingerprint density at radius 3 is 2.33 bits per heavy atom. The Hall–Kier alpha value is -0.0800. The van der Waals surface area contributed by atoms with Crippen LogP contribution in [0.2, 0.25) is 0 Å². The summed E-state index contributed by atoms with van der Waals surface area (Å²) in [6.45, 7) is 7.68.